The van der Waals surface area contributed by atoms with Gasteiger partial charge in [-0.25, -0.2) is 0 Å². The molecule has 1 heterocycles. The molecule has 114 valence electrons. The normalized spacial score (nSPS) is 40.5. The minimum Gasteiger partial charge on any atom is -0.354 e. The molecule has 3 atom stereocenters. The lowest BCUT2D eigenvalue weighted by Gasteiger charge is -2.28. The smallest absolute Gasteiger partial charge is 0.237 e. The molecule has 3 nitrogen and oxygen atoms in total. The highest BCUT2D eigenvalue weighted by Gasteiger charge is 2.42. The van der Waals surface area contributed by atoms with Gasteiger partial charge in [-0.3, -0.25) is 4.79 Å². The van der Waals surface area contributed by atoms with Gasteiger partial charge in [0.25, 0.3) is 0 Å². The highest BCUT2D eigenvalue weighted by molar-refractivity contribution is 5.82. The van der Waals surface area contributed by atoms with E-state index in [0.29, 0.717) is 5.92 Å². The minimum atomic E-state index is 0.106. The summed E-state index contributed by atoms with van der Waals surface area (Å²) >= 11 is 0. The van der Waals surface area contributed by atoms with Crippen LogP contribution in [0.15, 0.2) is 0 Å². The van der Waals surface area contributed by atoms with Gasteiger partial charge in [-0.15, -0.1) is 0 Å². The van der Waals surface area contributed by atoms with Crippen LogP contribution < -0.4 is 10.6 Å². The third kappa shape index (κ3) is 3.03. The van der Waals surface area contributed by atoms with Crippen LogP contribution in [0.4, 0.5) is 0 Å². The number of hydrogen-bond donors (Lipinski definition) is 2. The number of rotatable bonds is 4. The van der Waals surface area contributed by atoms with Gasteiger partial charge in [0.05, 0.1) is 6.04 Å². The first kappa shape index (κ1) is 14.4. The molecule has 20 heavy (non-hydrogen) atoms. The van der Waals surface area contributed by atoms with E-state index in [2.05, 4.69) is 17.6 Å². The maximum atomic E-state index is 12.4. The van der Waals surface area contributed by atoms with Gasteiger partial charge in [0.15, 0.2) is 0 Å². The molecule has 0 aromatic carbocycles. The zero-order valence-electron chi connectivity index (χ0n) is 12.9. The number of fused-ring (bicyclic) bond motifs is 1. The topological polar surface area (TPSA) is 41.1 Å². The Labute approximate surface area is 123 Å². The van der Waals surface area contributed by atoms with Gasteiger partial charge in [0, 0.05) is 6.54 Å². The van der Waals surface area contributed by atoms with Crippen molar-refractivity contribution in [1.29, 1.82) is 0 Å². The predicted molar refractivity (Wildman–Crippen MR) is 81.4 cm³/mol. The first-order valence-corrected chi connectivity index (χ1v) is 8.79. The van der Waals surface area contributed by atoms with E-state index >= 15 is 0 Å². The van der Waals surface area contributed by atoms with Crippen molar-refractivity contribution in [2.24, 2.45) is 23.7 Å². The predicted octanol–water partition coefficient (Wildman–Crippen LogP) is 2.71. The maximum absolute atomic E-state index is 12.4. The lowest BCUT2D eigenvalue weighted by atomic mass is 9.81. The van der Waals surface area contributed by atoms with E-state index in [4.69, 9.17) is 0 Å². The third-order valence-electron chi connectivity index (χ3n) is 6.14. The quantitative estimate of drug-likeness (QED) is 0.830. The molecule has 3 aliphatic rings. The molecule has 1 amide bonds. The van der Waals surface area contributed by atoms with Crippen molar-refractivity contribution in [2.45, 2.75) is 64.3 Å². The summed E-state index contributed by atoms with van der Waals surface area (Å²) in [6.07, 6.45) is 10.6. The van der Waals surface area contributed by atoms with Crippen LogP contribution in [0.1, 0.15) is 58.3 Å². The van der Waals surface area contributed by atoms with Gasteiger partial charge >= 0.3 is 0 Å². The monoisotopic (exact) mass is 278 g/mol. The minimum absolute atomic E-state index is 0.106. The van der Waals surface area contributed by atoms with Crippen molar-refractivity contribution in [2.75, 3.05) is 13.1 Å². The van der Waals surface area contributed by atoms with Crippen LogP contribution >= 0.6 is 0 Å². The summed E-state index contributed by atoms with van der Waals surface area (Å²) in [5, 5.41) is 6.69. The van der Waals surface area contributed by atoms with E-state index in [1.807, 2.05) is 0 Å². The van der Waals surface area contributed by atoms with Crippen LogP contribution in [0.25, 0.3) is 0 Å². The van der Waals surface area contributed by atoms with Crippen molar-refractivity contribution in [3.05, 3.63) is 0 Å². The highest BCUT2D eigenvalue weighted by atomic mass is 16.2. The Morgan fingerprint density at radius 3 is 2.60 bits per heavy atom. The highest BCUT2D eigenvalue weighted by Crippen LogP contribution is 2.37. The van der Waals surface area contributed by atoms with E-state index < -0.39 is 0 Å². The average Bonchev–Trinajstić information content (AvgIpc) is 3.08. The second-order valence-corrected chi connectivity index (χ2v) is 7.28. The SMILES string of the molecule is CCC1CCC(CNC(=O)C2NCC3CCCC32)CC1. The number of amides is 1. The second kappa shape index (κ2) is 6.46. The van der Waals surface area contributed by atoms with Crippen LogP contribution in [0.2, 0.25) is 0 Å². The standard InChI is InChI=1S/C17H30N2O/c1-2-12-6-8-13(9-7-12)10-19-17(20)16-15-5-3-4-14(15)11-18-16/h12-16,18H,2-11H2,1H3,(H,19,20). The molecule has 1 saturated heterocycles. The molecule has 0 radical (unpaired) electrons. The van der Waals surface area contributed by atoms with Crippen molar-refractivity contribution >= 4 is 5.91 Å². The van der Waals surface area contributed by atoms with Gasteiger partial charge in [-0.2, -0.15) is 0 Å². The molecular formula is C17H30N2O. The Morgan fingerprint density at radius 1 is 1.10 bits per heavy atom. The molecule has 2 N–H and O–H groups in total. The molecule has 2 saturated carbocycles. The van der Waals surface area contributed by atoms with Crippen molar-refractivity contribution in [1.82, 2.24) is 10.6 Å². The molecule has 3 fully saturated rings. The summed E-state index contributed by atoms with van der Waals surface area (Å²) in [6, 6.07) is 0.106. The zero-order chi connectivity index (χ0) is 13.9. The second-order valence-electron chi connectivity index (χ2n) is 7.28. The van der Waals surface area contributed by atoms with Crippen LogP contribution in [-0.4, -0.2) is 25.0 Å². The Bertz CT molecular complexity index is 336. The number of carbonyl (C=O) groups excluding carboxylic acids is 1. The summed E-state index contributed by atoms with van der Waals surface area (Å²) in [5.74, 6) is 3.33. The van der Waals surface area contributed by atoms with Crippen LogP contribution in [0.3, 0.4) is 0 Å². The molecule has 1 aliphatic heterocycles. The Morgan fingerprint density at radius 2 is 1.85 bits per heavy atom. The van der Waals surface area contributed by atoms with Gasteiger partial charge in [0.2, 0.25) is 5.91 Å². The first-order chi connectivity index (χ1) is 9.78. The fraction of sp³-hybridized carbons (Fsp3) is 0.941. The van der Waals surface area contributed by atoms with E-state index in [-0.39, 0.29) is 11.9 Å². The third-order valence-corrected chi connectivity index (χ3v) is 6.14. The maximum Gasteiger partial charge on any atom is 0.237 e. The Balaban J connectivity index is 1.41. The van der Waals surface area contributed by atoms with Crippen molar-refractivity contribution < 1.29 is 4.79 Å². The van der Waals surface area contributed by atoms with E-state index in [9.17, 15) is 4.79 Å². The largest absolute Gasteiger partial charge is 0.354 e. The molecule has 0 spiro atoms. The van der Waals surface area contributed by atoms with Crippen LogP contribution in [-0.2, 0) is 4.79 Å². The summed E-state index contributed by atoms with van der Waals surface area (Å²) in [7, 11) is 0. The average molecular weight is 278 g/mol. The summed E-state index contributed by atoms with van der Waals surface area (Å²) in [6.45, 7) is 4.27. The molecule has 0 bridgehead atoms. The van der Waals surface area contributed by atoms with Gasteiger partial charge in [-0.05, 0) is 55.9 Å². The molecule has 3 heteroatoms. The molecular weight excluding hydrogens is 248 g/mol. The van der Waals surface area contributed by atoms with E-state index in [1.165, 1.54) is 51.4 Å². The molecule has 0 aromatic rings. The fourth-order valence-corrected chi connectivity index (χ4v) is 4.67. The fourth-order valence-electron chi connectivity index (χ4n) is 4.67. The zero-order valence-corrected chi connectivity index (χ0v) is 12.9. The number of nitrogens with one attached hydrogen (secondary N) is 2. The molecule has 0 aromatic heterocycles. The Kier molecular flexibility index (Phi) is 4.65. The van der Waals surface area contributed by atoms with Gasteiger partial charge < -0.3 is 10.6 Å². The summed E-state index contributed by atoms with van der Waals surface area (Å²) in [5.41, 5.74) is 0. The van der Waals surface area contributed by atoms with Crippen molar-refractivity contribution in [3.8, 4) is 0 Å². The van der Waals surface area contributed by atoms with Gasteiger partial charge in [0.1, 0.15) is 0 Å². The molecule has 2 aliphatic carbocycles. The molecule has 3 unspecified atom stereocenters. The number of carbonyl (C=O) groups is 1. The summed E-state index contributed by atoms with van der Waals surface area (Å²) < 4.78 is 0. The summed E-state index contributed by atoms with van der Waals surface area (Å²) in [4.78, 5) is 12.4. The van der Waals surface area contributed by atoms with Gasteiger partial charge in [-0.1, -0.05) is 32.6 Å². The lowest BCUT2D eigenvalue weighted by Crippen LogP contribution is -2.45. The lowest BCUT2D eigenvalue weighted by molar-refractivity contribution is -0.124. The van der Waals surface area contributed by atoms with Crippen LogP contribution in [0.5, 0.6) is 0 Å². The van der Waals surface area contributed by atoms with Crippen molar-refractivity contribution in [3.63, 3.8) is 0 Å². The first-order valence-electron chi connectivity index (χ1n) is 8.79. The number of hydrogen-bond acceptors (Lipinski definition) is 2. The van der Waals surface area contributed by atoms with E-state index in [0.717, 1.165) is 30.8 Å². The van der Waals surface area contributed by atoms with E-state index in [1.54, 1.807) is 0 Å². The molecule has 3 rings (SSSR count). The van der Waals surface area contributed by atoms with Crippen LogP contribution in [0, 0.1) is 23.7 Å². The Hall–Kier alpha value is -0.570.